The number of hydrogen-bond donors (Lipinski definition) is 1. The first-order valence-electron chi connectivity index (χ1n) is 5.82. The second kappa shape index (κ2) is 4.52. The van der Waals surface area contributed by atoms with Gasteiger partial charge in [-0.15, -0.1) is 0 Å². The van der Waals surface area contributed by atoms with Crippen molar-refractivity contribution in [3.8, 4) is 0 Å². The second-order valence-electron chi connectivity index (χ2n) is 6.14. The molecule has 0 spiro atoms. The van der Waals surface area contributed by atoms with E-state index in [0.717, 1.165) is 13.0 Å². The molecule has 0 bridgehead atoms. The van der Waals surface area contributed by atoms with Gasteiger partial charge in [0.2, 0.25) is 5.91 Å². The molecule has 0 aromatic carbocycles. The number of carbonyl (C=O) groups is 1. The normalized spacial score (nSPS) is 22.9. The molecule has 0 saturated carbocycles. The average molecular weight is 212 g/mol. The molecule has 0 aromatic heterocycles. The van der Waals surface area contributed by atoms with E-state index in [1.165, 1.54) is 0 Å². The molecule has 1 aliphatic heterocycles. The Balaban J connectivity index is 2.49. The van der Waals surface area contributed by atoms with Crippen molar-refractivity contribution in [2.75, 3.05) is 13.2 Å². The third kappa shape index (κ3) is 3.82. The molecule has 1 rings (SSSR count). The van der Waals surface area contributed by atoms with Crippen molar-refractivity contribution in [2.45, 2.75) is 47.1 Å². The Labute approximate surface area is 93.2 Å². The van der Waals surface area contributed by atoms with Crippen LogP contribution in [-0.2, 0) is 4.79 Å². The topological polar surface area (TPSA) is 32.3 Å². The summed E-state index contributed by atoms with van der Waals surface area (Å²) in [4.78, 5) is 13.9. The van der Waals surface area contributed by atoms with Crippen molar-refractivity contribution >= 4 is 5.91 Å². The fourth-order valence-corrected chi connectivity index (χ4v) is 1.97. The van der Waals surface area contributed by atoms with Gasteiger partial charge in [0.1, 0.15) is 0 Å². The molecule has 1 amide bonds. The fraction of sp³-hybridized carbons (Fsp3) is 0.917. The van der Waals surface area contributed by atoms with Gasteiger partial charge in [-0.1, -0.05) is 34.6 Å². The van der Waals surface area contributed by atoms with Crippen molar-refractivity contribution in [1.82, 2.24) is 10.2 Å². The van der Waals surface area contributed by atoms with E-state index in [0.29, 0.717) is 12.6 Å². The Bertz CT molecular complexity index is 230. The minimum atomic E-state index is 0.0485. The van der Waals surface area contributed by atoms with E-state index in [1.54, 1.807) is 0 Å². The Morgan fingerprint density at radius 1 is 1.47 bits per heavy atom. The summed E-state index contributed by atoms with van der Waals surface area (Å²) < 4.78 is 0. The van der Waals surface area contributed by atoms with Gasteiger partial charge in [0.25, 0.3) is 0 Å². The monoisotopic (exact) mass is 212 g/mol. The van der Waals surface area contributed by atoms with Crippen LogP contribution in [0.2, 0.25) is 0 Å². The third-order valence-corrected chi connectivity index (χ3v) is 2.51. The molecule has 3 nitrogen and oxygen atoms in total. The van der Waals surface area contributed by atoms with E-state index in [4.69, 9.17) is 0 Å². The van der Waals surface area contributed by atoms with Gasteiger partial charge in [-0.05, 0) is 17.8 Å². The van der Waals surface area contributed by atoms with Crippen LogP contribution in [0, 0.1) is 11.3 Å². The van der Waals surface area contributed by atoms with Crippen LogP contribution in [0.1, 0.15) is 41.0 Å². The van der Waals surface area contributed by atoms with Crippen LogP contribution >= 0.6 is 0 Å². The summed E-state index contributed by atoms with van der Waals surface area (Å²) in [7, 11) is 0. The maximum atomic E-state index is 12.0. The zero-order chi connectivity index (χ0) is 11.6. The maximum absolute atomic E-state index is 12.0. The highest BCUT2D eigenvalue weighted by atomic mass is 16.2. The minimum absolute atomic E-state index is 0.0485. The zero-order valence-electron chi connectivity index (χ0n) is 10.6. The van der Waals surface area contributed by atoms with Crippen molar-refractivity contribution in [3.05, 3.63) is 0 Å². The number of carbonyl (C=O) groups excluding carboxylic acids is 1. The molecule has 1 atom stereocenters. The molecule has 0 aliphatic carbocycles. The molecule has 0 aromatic rings. The lowest BCUT2D eigenvalue weighted by Crippen LogP contribution is -2.36. The SMILES string of the molecule is CC(C)CC1NCN(CC(C)(C)C)C1=O. The molecular weight excluding hydrogens is 188 g/mol. The highest BCUT2D eigenvalue weighted by Crippen LogP contribution is 2.19. The van der Waals surface area contributed by atoms with Crippen LogP contribution in [0.15, 0.2) is 0 Å². The van der Waals surface area contributed by atoms with Gasteiger partial charge in [-0.2, -0.15) is 0 Å². The molecule has 1 N–H and O–H groups in total. The summed E-state index contributed by atoms with van der Waals surface area (Å²) in [6.07, 6.45) is 0.944. The van der Waals surface area contributed by atoms with Gasteiger partial charge < -0.3 is 4.90 Å². The number of hydrogen-bond acceptors (Lipinski definition) is 2. The van der Waals surface area contributed by atoms with E-state index in [1.807, 2.05) is 4.90 Å². The molecule has 88 valence electrons. The van der Waals surface area contributed by atoms with Crippen molar-refractivity contribution in [1.29, 1.82) is 0 Å². The lowest BCUT2D eigenvalue weighted by molar-refractivity contribution is -0.130. The smallest absolute Gasteiger partial charge is 0.240 e. The second-order valence-corrected chi connectivity index (χ2v) is 6.14. The van der Waals surface area contributed by atoms with E-state index in [-0.39, 0.29) is 17.4 Å². The van der Waals surface area contributed by atoms with Crippen molar-refractivity contribution in [3.63, 3.8) is 0 Å². The van der Waals surface area contributed by atoms with Crippen molar-refractivity contribution < 1.29 is 4.79 Å². The lowest BCUT2D eigenvalue weighted by atomic mass is 9.96. The number of amides is 1. The van der Waals surface area contributed by atoms with E-state index in [2.05, 4.69) is 39.9 Å². The molecule has 1 heterocycles. The van der Waals surface area contributed by atoms with Gasteiger partial charge in [0.05, 0.1) is 12.7 Å². The van der Waals surface area contributed by atoms with Crippen LogP contribution in [0.25, 0.3) is 0 Å². The highest BCUT2D eigenvalue weighted by Gasteiger charge is 2.33. The Morgan fingerprint density at radius 2 is 2.07 bits per heavy atom. The van der Waals surface area contributed by atoms with Gasteiger partial charge in [0.15, 0.2) is 0 Å². The minimum Gasteiger partial charge on any atom is -0.328 e. The molecule has 3 heteroatoms. The first-order valence-corrected chi connectivity index (χ1v) is 5.82. The standard InChI is InChI=1S/C12H24N2O/c1-9(2)6-10-11(15)14(8-13-10)7-12(3,4)5/h9-10,13H,6-8H2,1-5H3. The van der Waals surface area contributed by atoms with Crippen molar-refractivity contribution in [2.24, 2.45) is 11.3 Å². The maximum Gasteiger partial charge on any atom is 0.240 e. The van der Waals surface area contributed by atoms with Crippen LogP contribution in [-0.4, -0.2) is 30.1 Å². The molecule has 0 radical (unpaired) electrons. The van der Waals surface area contributed by atoms with E-state index < -0.39 is 0 Å². The quantitative estimate of drug-likeness (QED) is 0.774. The van der Waals surface area contributed by atoms with Gasteiger partial charge in [-0.3, -0.25) is 10.1 Å². The first kappa shape index (κ1) is 12.5. The third-order valence-electron chi connectivity index (χ3n) is 2.51. The first-order chi connectivity index (χ1) is 6.79. The highest BCUT2D eigenvalue weighted by molar-refractivity contribution is 5.83. The number of nitrogens with zero attached hydrogens (tertiary/aromatic N) is 1. The Kier molecular flexibility index (Phi) is 3.77. The molecule has 1 aliphatic rings. The van der Waals surface area contributed by atoms with E-state index in [9.17, 15) is 4.79 Å². The van der Waals surface area contributed by atoms with Gasteiger partial charge >= 0.3 is 0 Å². The van der Waals surface area contributed by atoms with Crippen LogP contribution in [0.4, 0.5) is 0 Å². The molecule has 1 unspecified atom stereocenters. The number of nitrogens with one attached hydrogen (secondary N) is 1. The zero-order valence-corrected chi connectivity index (χ0v) is 10.6. The van der Waals surface area contributed by atoms with Gasteiger partial charge in [0, 0.05) is 6.54 Å². The summed E-state index contributed by atoms with van der Waals surface area (Å²) in [6, 6.07) is 0.0485. The molecular formula is C12H24N2O. The number of rotatable bonds is 3. The summed E-state index contributed by atoms with van der Waals surface area (Å²) in [5, 5.41) is 3.29. The summed E-state index contributed by atoms with van der Waals surface area (Å²) in [5.74, 6) is 0.847. The Morgan fingerprint density at radius 3 is 2.53 bits per heavy atom. The summed E-state index contributed by atoms with van der Waals surface area (Å²) in [5.41, 5.74) is 0.185. The van der Waals surface area contributed by atoms with Crippen LogP contribution in [0.3, 0.4) is 0 Å². The predicted molar refractivity (Wildman–Crippen MR) is 62.4 cm³/mol. The molecule has 1 saturated heterocycles. The van der Waals surface area contributed by atoms with Gasteiger partial charge in [-0.25, -0.2) is 0 Å². The summed E-state index contributed by atoms with van der Waals surface area (Å²) >= 11 is 0. The largest absolute Gasteiger partial charge is 0.328 e. The van der Waals surface area contributed by atoms with Crippen LogP contribution in [0.5, 0.6) is 0 Å². The molecule has 1 fully saturated rings. The average Bonchev–Trinajstić information content (AvgIpc) is 2.32. The molecule has 15 heavy (non-hydrogen) atoms. The predicted octanol–water partition coefficient (Wildman–Crippen LogP) is 1.84. The van der Waals surface area contributed by atoms with E-state index >= 15 is 0 Å². The lowest BCUT2D eigenvalue weighted by Gasteiger charge is -2.25. The summed E-state index contributed by atoms with van der Waals surface area (Å²) in [6.45, 7) is 12.4. The fourth-order valence-electron chi connectivity index (χ4n) is 1.97. The Hall–Kier alpha value is -0.570. The van der Waals surface area contributed by atoms with Crippen LogP contribution < -0.4 is 5.32 Å².